The van der Waals surface area contributed by atoms with Crippen LogP contribution in [0.2, 0.25) is 0 Å². The van der Waals surface area contributed by atoms with Gasteiger partial charge in [0.2, 0.25) is 0 Å². The van der Waals surface area contributed by atoms with Crippen LogP contribution in [0.15, 0.2) is 18.2 Å². The SMILES string of the molecule is Cc1cc(C)c(C)c(-c2cc(C)c(OCC3CO3)c(C)c2C)c1. The van der Waals surface area contributed by atoms with Crippen molar-refractivity contribution in [3.63, 3.8) is 0 Å². The first-order valence-electron chi connectivity index (χ1n) is 8.32. The summed E-state index contributed by atoms with van der Waals surface area (Å²) in [6.45, 7) is 14.5. The summed E-state index contributed by atoms with van der Waals surface area (Å²) in [5.41, 5.74) is 10.4. The Morgan fingerprint density at radius 2 is 1.52 bits per heavy atom. The maximum atomic E-state index is 6.02. The van der Waals surface area contributed by atoms with Crippen LogP contribution in [0.5, 0.6) is 5.75 Å². The van der Waals surface area contributed by atoms with Gasteiger partial charge in [0.25, 0.3) is 0 Å². The molecule has 2 aromatic carbocycles. The summed E-state index contributed by atoms with van der Waals surface area (Å²) < 4.78 is 11.3. The number of benzene rings is 2. The fourth-order valence-corrected chi connectivity index (χ4v) is 3.22. The van der Waals surface area contributed by atoms with Gasteiger partial charge >= 0.3 is 0 Å². The largest absolute Gasteiger partial charge is 0.490 e. The molecular formula is C21H26O2. The molecule has 1 aliphatic heterocycles. The van der Waals surface area contributed by atoms with Gasteiger partial charge < -0.3 is 9.47 Å². The van der Waals surface area contributed by atoms with Crippen molar-refractivity contribution in [1.82, 2.24) is 0 Å². The highest BCUT2D eigenvalue weighted by molar-refractivity contribution is 5.75. The van der Waals surface area contributed by atoms with Gasteiger partial charge in [-0.15, -0.1) is 0 Å². The topological polar surface area (TPSA) is 21.8 Å². The van der Waals surface area contributed by atoms with E-state index in [1.165, 1.54) is 44.5 Å². The lowest BCUT2D eigenvalue weighted by molar-refractivity contribution is 0.260. The summed E-state index contributed by atoms with van der Waals surface area (Å²) in [5, 5.41) is 0. The summed E-state index contributed by atoms with van der Waals surface area (Å²) in [5.74, 6) is 1.02. The normalized spacial score (nSPS) is 16.5. The maximum Gasteiger partial charge on any atom is 0.125 e. The van der Waals surface area contributed by atoms with E-state index in [0.717, 1.165) is 12.4 Å². The van der Waals surface area contributed by atoms with Crippen molar-refractivity contribution in [2.45, 2.75) is 47.6 Å². The van der Waals surface area contributed by atoms with Crippen LogP contribution in [0.4, 0.5) is 0 Å². The molecule has 0 saturated carbocycles. The van der Waals surface area contributed by atoms with Crippen LogP contribution in [0, 0.1) is 41.5 Å². The minimum absolute atomic E-state index is 0.287. The molecule has 122 valence electrons. The van der Waals surface area contributed by atoms with E-state index in [4.69, 9.17) is 9.47 Å². The zero-order valence-electron chi connectivity index (χ0n) is 15.0. The van der Waals surface area contributed by atoms with Gasteiger partial charge in [-0.25, -0.2) is 0 Å². The van der Waals surface area contributed by atoms with Gasteiger partial charge in [0.1, 0.15) is 18.5 Å². The molecule has 1 heterocycles. The molecule has 1 fully saturated rings. The van der Waals surface area contributed by atoms with Crippen LogP contribution in [0.1, 0.15) is 33.4 Å². The molecule has 23 heavy (non-hydrogen) atoms. The average molecular weight is 310 g/mol. The summed E-state index contributed by atoms with van der Waals surface area (Å²) in [6, 6.07) is 6.82. The molecule has 0 spiro atoms. The Bertz CT molecular complexity index is 755. The Balaban J connectivity index is 2.07. The molecule has 0 aliphatic carbocycles. The average Bonchev–Trinajstić information content (AvgIpc) is 3.31. The van der Waals surface area contributed by atoms with Crippen LogP contribution < -0.4 is 4.74 Å². The first kappa shape index (κ1) is 16.1. The van der Waals surface area contributed by atoms with Gasteiger partial charge in [-0.2, -0.15) is 0 Å². The molecule has 1 aliphatic rings. The van der Waals surface area contributed by atoms with Gasteiger partial charge in [-0.05, 0) is 86.6 Å². The van der Waals surface area contributed by atoms with Crippen molar-refractivity contribution in [3.05, 3.63) is 51.6 Å². The molecule has 0 N–H and O–H groups in total. The summed E-state index contributed by atoms with van der Waals surface area (Å²) >= 11 is 0. The zero-order valence-corrected chi connectivity index (χ0v) is 15.0. The first-order chi connectivity index (χ1) is 10.9. The molecule has 1 saturated heterocycles. The van der Waals surface area contributed by atoms with Crippen molar-refractivity contribution in [2.75, 3.05) is 13.2 Å². The molecule has 2 nitrogen and oxygen atoms in total. The van der Waals surface area contributed by atoms with Crippen molar-refractivity contribution >= 4 is 0 Å². The number of epoxide rings is 1. The van der Waals surface area contributed by atoms with Gasteiger partial charge in [-0.1, -0.05) is 17.7 Å². The van der Waals surface area contributed by atoms with Crippen LogP contribution in [-0.2, 0) is 4.74 Å². The third-order valence-electron chi connectivity index (χ3n) is 4.94. The van der Waals surface area contributed by atoms with Crippen LogP contribution >= 0.6 is 0 Å². The Hall–Kier alpha value is -1.80. The van der Waals surface area contributed by atoms with E-state index in [1.807, 2.05) is 0 Å². The standard InChI is InChI=1S/C21H26O2/c1-12-7-13(2)15(4)19(8-12)20-9-14(3)21(17(6)16(20)5)23-11-18-10-22-18/h7-9,18H,10-11H2,1-6H3. The Labute approximate surface area is 139 Å². The zero-order chi connectivity index (χ0) is 16.7. The molecule has 1 atom stereocenters. The minimum atomic E-state index is 0.287. The van der Waals surface area contributed by atoms with Gasteiger partial charge in [0.05, 0.1) is 6.61 Å². The number of aryl methyl sites for hydroxylation is 3. The van der Waals surface area contributed by atoms with E-state index in [1.54, 1.807) is 0 Å². The van der Waals surface area contributed by atoms with E-state index >= 15 is 0 Å². The molecule has 0 radical (unpaired) electrons. The number of hydrogen-bond donors (Lipinski definition) is 0. The van der Waals surface area contributed by atoms with Crippen molar-refractivity contribution in [2.24, 2.45) is 0 Å². The second-order valence-electron chi connectivity index (χ2n) is 6.84. The Morgan fingerprint density at radius 3 is 2.17 bits per heavy atom. The highest BCUT2D eigenvalue weighted by Crippen LogP contribution is 2.37. The predicted octanol–water partition coefficient (Wildman–Crippen LogP) is 4.98. The third-order valence-corrected chi connectivity index (χ3v) is 4.94. The third kappa shape index (κ3) is 3.13. The van der Waals surface area contributed by atoms with E-state index in [9.17, 15) is 0 Å². The second-order valence-corrected chi connectivity index (χ2v) is 6.84. The fraction of sp³-hybridized carbons (Fsp3) is 0.429. The molecule has 0 bridgehead atoms. The van der Waals surface area contributed by atoms with Crippen LogP contribution in [0.25, 0.3) is 11.1 Å². The lowest BCUT2D eigenvalue weighted by atomic mass is 9.89. The molecule has 0 aromatic heterocycles. The summed E-state index contributed by atoms with van der Waals surface area (Å²) in [6.07, 6.45) is 0.287. The monoisotopic (exact) mass is 310 g/mol. The first-order valence-corrected chi connectivity index (χ1v) is 8.32. The van der Waals surface area contributed by atoms with E-state index in [2.05, 4.69) is 59.7 Å². The molecular weight excluding hydrogens is 284 g/mol. The van der Waals surface area contributed by atoms with Gasteiger partial charge in [-0.3, -0.25) is 0 Å². The molecule has 2 heteroatoms. The Kier molecular flexibility index (Phi) is 4.20. The number of rotatable bonds is 4. The summed E-state index contributed by atoms with van der Waals surface area (Å²) in [4.78, 5) is 0. The Morgan fingerprint density at radius 1 is 0.870 bits per heavy atom. The minimum Gasteiger partial charge on any atom is -0.490 e. The number of ether oxygens (including phenoxy) is 2. The fourth-order valence-electron chi connectivity index (χ4n) is 3.22. The van der Waals surface area contributed by atoms with E-state index < -0.39 is 0 Å². The lowest BCUT2D eigenvalue weighted by Crippen LogP contribution is -2.07. The highest BCUT2D eigenvalue weighted by atomic mass is 16.6. The van der Waals surface area contributed by atoms with Crippen LogP contribution in [-0.4, -0.2) is 19.3 Å². The van der Waals surface area contributed by atoms with E-state index in [0.29, 0.717) is 6.61 Å². The smallest absolute Gasteiger partial charge is 0.125 e. The lowest BCUT2D eigenvalue weighted by Gasteiger charge is -2.19. The number of hydrogen-bond acceptors (Lipinski definition) is 2. The van der Waals surface area contributed by atoms with Crippen molar-refractivity contribution in [3.8, 4) is 16.9 Å². The molecule has 1 unspecified atom stereocenters. The highest BCUT2D eigenvalue weighted by Gasteiger charge is 2.24. The van der Waals surface area contributed by atoms with Gasteiger partial charge in [0, 0.05) is 0 Å². The summed E-state index contributed by atoms with van der Waals surface area (Å²) in [7, 11) is 0. The predicted molar refractivity (Wildman–Crippen MR) is 95.5 cm³/mol. The van der Waals surface area contributed by atoms with Gasteiger partial charge in [0.15, 0.2) is 0 Å². The molecule has 3 rings (SSSR count). The van der Waals surface area contributed by atoms with Crippen LogP contribution in [0.3, 0.4) is 0 Å². The molecule has 0 amide bonds. The van der Waals surface area contributed by atoms with E-state index in [-0.39, 0.29) is 6.10 Å². The van der Waals surface area contributed by atoms with Crippen molar-refractivity contribution in [1.29, 1.82) is 0 Å². The van der Waals surface area contributed by atoms with Crippen molar-refractivity contribution < 1.29 is 9.47 Å². The maximum absolute atomic E-state index is 6.02. The quantitative estimate of drug-likeness (QED) is 0.743. The second kappa shape index (κ2) is 6.01. The molecule has 2 aromatic rings.